The first kappa shape index (κ1) is 8.09. The smallest absolute Gasteiger partial charge is 0.223 e. The minimum absolute atomic E-state index is 0.288. The van der Waals surface area contributed by atoms with E-state index in [0.29, 0.717) is 17.3 Å². The molecule has 0 bridgehead atoms. The van der Waals surface area contributed by atoms with Gasteiger partial charge >= 0.3 is 0 Å². The van der Waals surface area contributed by atoms with Gasteiger partial charge in [0.15, 0.2) is 0 Å². The topological polar surface area (TPSA) is 29.1 Å². The molecule has 2 aliphatic carbocycles. The van der Waals surface area contributed by atoms with E-state index in [4.69, 9.17) is 0 Å². The van der Waals surface area contributed by atoms with Gasteiger partial charge in [-0.3, -0.25) is 4.79 Å². The van der Waals surface area contributed by atoms with Crippen molar-refractivity contribution in [3.63, 3.8) is 0 Å². The van der Waals surface area contributed by atoms with E-state index in [2.05, 4.69) is 19.2 Å². The van der Waals surface area contributed by atoms with Crippen LogP contribution in [0.3, 0.4) is 0 Å². The summed E-state index contributed by atoms with van der Waals surface area (Å²) in [7, 11) is 0. The number of rotatable bonds is 3. The maximum absolute atomic E-state index is 11.4. The van der Waals surface area contributed by atoms with Crippen molar-refractivity contribution in [1.82, 2.24) is 5.32 Å². The van der Waals surface area contributed by atoms with Gasteiger partial charge in [-0.2, -0.15) is 0 Å². The summed E-state index contributed by atoms with van der Waals surface area (Å²) in [5, 5.41) is 3.04. The molecule has 68 valence electrons. The summed E-state index contributed by atoms with van der Waals surface area (Å²) in [6.45, 7) is 5.28. The average Bonchev–Trinajstić information content (AvgIpc) is 2.88. The van der Waals surface area contributed by atoms with Crippen molar-refractivity contribution < 1.29 is 4.79 Å². The lowest BCUT2D eigenvalue weighted by Gasteiger charge is -2.09. The van der Waals surface area contributed by atoms with Crippen LogP contribution in [0.15, 0.2) is 0 Å². The van der Waals surface area contributed by atoms with Crippen molar-refractivity contribution in [2.75, 3.05) is 6.54 Å². The molecule has 0 spiro atoms. The maximum atomic E-state index is 11.4. The van der Waals surface area contributed by atoms with Crippen molar-refractivity contribution >= 4 is 5.91 Å². The van der Waals surface area contributed by atoms with E-state index in [9.17, 15) is 4.79 Å². The molecule has 0 aromatic rings. The predicted molar refractivity (Wildman–Crippen MR) is 47.6 cm³/mol. The Hall–Kier alpha value is -0.530. The molecular weight excluding hydrogens is 150 g/mol. The normalized spacial score (nSPS) is 35.8. The fraction of sp³-hybridized carbons (Fsp3) is 0.900. The third kappa shape index (κ3) is 1.62. The van der Waals surface area contributed by atoms with E-state index in [-0.39, 0.29) is 5.91 Å². The zero-order valence-electron chi connectivity index (χ0n) is 7.89. The van der Waals surface area contributed by atoms with Crippen LogP contribution < -0.4 is 5.32 Å². The molecule has 12 heavy (non-hydrogen) atoms. The van der Waals surface area contributed by atoms with Crippen LogP contribution >= 0.6 is 0 Å². The van der Waals surface area contributed by atoms with Gasteiger partial charge in [-0.25, -0.2) is 0 Å². The summed E-state index contributed by atoms with van der Waals surface area (Å²) >= 11 is 0. The highest BCUT2D eigenvalue weighted by Crippen LogP contribution is 2.44. The zero-order chi connectivity index (χ0) is 8.77. The molecule has 2 aliphatic rings. The van der Waals surface area contributed by atoms with Gasteiger partial charge in [0.2, 0.25) is 5.91 Å². The molecule has 2 saturated carbocycles. The molecule has 2 unspecified atom stereocenters. The van der Waals surface area contributed by atoms with Gasteiger partial charge in [-0.05, 0) is 30.6 Å². The zero-order valence-corrected chi connectivity index (χ0v) is 7.89. The first-order chi connectivity index (χ1) is 5.61. The lowest BCUT2D eigenvalue weighted by atomic mass is 10.1. The molecule has 0 aromatic heterocycles. The minimum atomic E-state index is 0.288. The van der Waals surface area contributed by atoms with Gasteiger partial charge in [-0.15, -0.1) is 0 Å². The molecule has 1 N–H and O–H groups in total. The van der Waals surface area contributed by atoms with Crippen molar-refractivity contribution in [3.05, 3.63) is 0 Å². The van der Waals surface area contributed by atoms with Crippen LogP contribution in [0.25, 0.3) is 0 Å². The van der Waals surface area contributed by atoms with Crippen LogP contribution in [0.4, 0.5) is 0 Å². The Morgan fingerprint density at radius 3 is 2.58 bits per heavy atom. The Labute approximate surface area is 73.7 Å². The molecule has 0 aromatic carbocycles. The molecule has 0 aliphatic heterocycles. The first-order valence-electron chi connectivity index (χ1n) is 4.88. The van der Waals surface area contributed by atoms with Crippen LogP contribution in [0.5, 0.6) is 0 Å². The van der Waals surface area contributed by atoms with E-state index >= 15 is 0 Å². The third-order valence-electron chi connectivity index (χ3n) is 3.24. The van der Waals surface area contributed by atoms with E-state index in [0.717, 1.165) is 13.0 Å². The van der Waals surface area contributed by atoms with Gasteiger partial charge in [0.05, 0.1) is 0 Å². The average molecular weight is 167 g/mol. The Bertz CT molecular complexity index is 208. The lowest BCUT2D eigenvalue weighted by Crippen LogP contribution is -2.30. The number of hydrogen-bond acceptors (Lipinski definition) is 1. The molecular formula is C10H17NO. The van der Waals surface area contributed by atoms with Gasteiger partial charge in [0, 0.05) is 12.5 Å². The molecule has 2 rings (SSSR count). The molecule has 2 atom stereocenters. The second-order valence-corrected chi connectivity index (χ2v) is 4.85. The second kappa shape index (κ2) is 2.48. The van der Waals surface area contributed by atoms with Crippen LogP contribution in [-0.2, 0) is 4.79 Å². The number of carbonyl (C=O) groups is 1. The summed E-state index contributed by atoms with van der Waals surface area (Å²) in [4.78, 5) is 11.4. The highest BCUT2D eigenvalue weighted by atomic mass is 16.2. The van der Waals surface area contributed by atoms with Gasteiger partial charge < -0.3 is 5.32 Å². The van der Waals surface area contributed by atoms with Gasteiger partial charge in [0.1, 0.15) is 0 Å². The number of carbonyl (C=O) groups excluding carboxylic acids is 1. The standard InChI is InChI=1S/C10H17NO/c1-7-5-8(7)9(12)11-6-10(2)3-4-10/h7-8H,3-6H2,1-2H3,(H,11,12). The Balaban J connectivity index is 1.69. The fourth-order valence-corrected chi connectivity index (χ4v) is 1.51. The van der Waals surface area contributed by atoms with E-state index < -0.39 is 0 Å². The summed E-state index contributed by atoms with van der Waals surface area (Å²) < 4.78 is 0. The Morgan fingerprint density at radius 1 is 1.58 bits per heavy atom. The molecule has 0 heterocycles. The summed E-state index contributed by atoms with van der Waals surface area (Å²) in [6, 6.07) is 0. The SMILES string of the molecule is CC1CC1C(=O)NCC1(C)CC1. The van der Waals surface area contributed by atoms with Gasteiger partial charge in [0.25, 0.3) is 0 Å². The highest BCUT2D eigenvalue weighted by molar-refractivity contribution is 5.81. The summed E-state index contributed by atoms with van der Waals surface area (Å²) in [5.41, 5.74) is 0.452. The highest BCUT2D eigenvalue weighted by Gasteiger charge is 2.42. The minimum Gasteiger partial charge on any atom is -0.355 e. The van der Waals surface area contributed by atoms with E-state index in [1.165, 1.54) is 12.8 Å². The summed E-state index contributed by atoms with van der Waals surface area (Å²) in [6.07, 6.45) is 3.67. The Morgan fingerprint density at radius 2 is 2.17 bits per heavy atom. The van der Waals surface area contributed by atoms with Crippen LogP contribution in [0.1, 0.15) is 33.1 Å². The largest absolute Gasteiger partial charge is 0.355 e. The summed E-state index contributed by atoms with van der Waals surface area (Å²) in [5.74, 6) is 1.26. The maximum Gasteiger partial charge on any atom is 0.223 e. The van der Waals surface area contributed by atoms with E-state index in [1.54, 1.807) is 0 Å². The third-order valence-corrected chi connectivity index (χ3v) is 3.24. The quantitative estimate of drug-likeness (QED) is 0.679. The van der Waals surface area contributed by atoms with Crippen molar-refractivity contribution in [1.29, 1.82) is 0 Å². The molecule has 0 radical (unpaired) electrons. The van der Waals surface area contributed by atoms with Gasteiger partial charge in [-0.1, -0.05) is 13.8 Å². The molecule has 2 fully saturated rings. The predicted octanol–water partition coefficient (Wildman–Crippen LogP) is 1.56. The Kier molecular flexibility index (Phi) is 1.67. The van der Waals surface area contributed by atoms with Crippen molar-refractivity contribution in [2.24, 2.45) is 17.3 Å². The molecule has 0 saturated heterocycles. The van der Waals surface area contributed by atoms with Crippen LogP contribution in [-0.4, -0.2) is 12.5 Å². The lowest BCUT2D eigenvalue weighted by molar-refractivity contribution is -0.122. The first-order valence-corrected chi connectivity index (χ1v) is 4.88. The molecule has 1 amide bonds. The monoisotopic (exact) mass is 167 g/mol. The number of nitrogens with one attached hydrogen (secondary N) is 1. The van der Waals surface area contributed by atoms with Crippen molar-refractivity contribution in [2.45, 2.75) is 33.1 Å². The van der Waals surface area contributed by atoms with Crippen molar-refractivity contribution in [3.8, 4) is 0 Å². The number of amides is 1. The second-order valence-electron chi connectivity index (χ2n) is 4.85. The number of hydrogen-bond donors (Lipinski definition) is 1. The molecule has 2 heteroatoms. The molecule has 2 nitrogen and oxygen atoms in total. The van der Waals surface area contributed by atoms with Crippen LogP contribution in [0.2, 0.25) is 0 Å². The van der Waals surface area contributed by atoms with Crippen LogP contribution in [0, 0.1) is 17.3 Å². The van der Waals surface area contributed by atoms with E-state index in [1.807, 2.05) is 0 Å². The fourth-order valence-electron chi connectivity index (χ4n) is 1.51.